The molecule has 0 radical (unpaired) electrons. The highest BCUT2D eigenvalue weighted by atomic mass is 17.2. The van der Waals surface area contributed by atoms with Gasteiger partial charge in [0, 0.05) is 19.5 Å². The van der Waals surface area contributed by atoms with Crippen molar-refractivity contribution in [2.24, 2.45) is 10.2 Å². The third kappa shape index (κ3) is 16.9. The highest BCUT2D eigenvalue weighted by molar-refractivity contribution is 5.66. The fraction of sp³-hybridized carbons (Fsp3) is 0.857. The summed E-state index contributed by atoms with van der Waals surface area (Å²) < 4.78 is 0. The molecular formula is C14H34N6O4. The maximum atomic E-state index is 10.4. The van der Waals surface area contributed by atoms with Gasteiger partial charge >= 0.3 is 5.97 Å². The zero-order chi connectivity index (χ0) is 17.1. The van der Waals surface area contributed by atoms with Crippen molar-refractivity contribution in [2.75, 3.05) is 26.3 Å². The molecule has 0 aromatic carbocycles. The highest BCUT2D eigenvalue weighted by Crippen LogP contribution is 2.16. The fourth-order valence-corrected chi connectivity index (χ4v) is 1.28. The molecule has 0 bridgehead atoms. The van der Waals surface area contributed by atoms with E-state index in [1.807, 2.05) is 27.7 Å². The number of hydrogen-bond donors (Lipinski definition) is 5. The molecule has 0 aliphatic rings. The first-order valence-electron chi connectivity index (χ1n) is 7.28. The fourth-order valence-electron chi connectivity index (χ4n) is 1.28. The summed E-state index contributed by atoms with van der Waals surface area (Å²) in [5, 5.41) is 27.1. The van der Waals surface area contributed by atoms with Gasteiger partial charge in [0.25, 0.3) is 0 Å². The summed E-state index contributed by atoms with van der Waals surface area (Å²) in [7, 11) is 0. The standard InChI is InChI=1S/C14H28N4O4.2H3N/c1-13(2,10-16-8-6-12(19)20)17-18-14(3,4)11-22-21-9-5-7-15;;/h7,15-16H,5-6,8-11H2,1-4H3,(H,19,20);2*1H3. The van der Waals surface area contributed by atoms with Gasteiger partial charge < -0.3 is 28.1 Å². The van der Waals surface area contributed by atoms with Crippen molar-refractivity contribution in [1.29, 1.82) is 5.41 Å². The van der Waals surface area contributed by atoms with Gasteiger partial charge in [0.15, 0.2) is 0 Å². The average molecular weight is 350 g/mol. The quantitative estimate of drug-likeness (QED) is 0.111. The van der Waals surface area contributed by atoms with E-state index < -0.39 is 17.0 Å². The number of hydrogen-bond acceptors (Lipinski definition) is 9. The monoisotopic (exact) mass is 350 g/mol. The van der Waals surface area contributed by atoms with Gasteiger partial charge in [-0.1, -0.05) is 0 Å². The third-order valence-electron chi connectivity index (χ3n) is 2.51. The summed E-state index contributed by atoms with van der Waals surface area (Å²) in [6, 6.07) is 0. The van der Waals surface area contributed by atoms with Crippen molar-refractivity contribution >= 4 is 12.2 Å². The molecule has 24 heavy (non-hydrogen) atoms. The van der Waals surface area contributed by atoms with E-state index in [0.717, 1.165) is 0 Å². The number of carboxylic acids is 1. The minimum Gasteiger partial charge on any atom is -0.481 e. The van der Waals surface area contributed by atoms with E-state index in [1.54, 1.807) is 0 Å². The van der Waals surface area contributed by atoms with E-state index in [4.69, 9.17) is 20.3 Å². The minimum absolute atomic E-state index is 0. The summed E-state index contributed by atoms with van der Waals surface area (Å²) in [4.78, 5) is 20.4. The number of aliphatic carboxylic acids is 1. The number of nitrogens with zero attached hydrogens (tertiary/aromatic N) is 2. The molecular weight excluding hydrogens is 316 g/mol. The highest BCUT2D eigenvalue weighted by Gasteiger charge is 2.22. The number of carbonyl (C=O) groups is 1. The van der Waals surface area contributed by atoms with Crippen LogP contribution in [0.15, 0.2) is 10.2 Å². The van der Waals surface area contributed by atoms with Crippen LogP contribution in [-0.2, 0) is 14.6 Å². The van der Waals surface area contributed by atoms with Crippen LogP contribution in [0.25, 0.3) is 0 Å². The molecule has 144 valence electrons. The molecule has 0 saturated heterocycles. The molecule has 0 rings (SSSR count). The molecule has 0 fully saturated rings. The van der Waals surface area contributed by atoms with E-state index in [1.165, 1.54) is 6.21 Å². The second-order valence-corrected chi connectivity index (χ2v) is 6.22. The van der Waals surface area contributed by atoms with E-state index in [9.17, 15) is 4.79 Å². The van der Waals surface area contributed by atoms with Crippen LogP contribution in [-0.4, -0.2) is 54.7 Å². The lowest BCUT2D eigenvalue weighted by Crippen LogP contribution is -2.35. The van der Waals surface area contributed by atoms with Crippen LogP contribution in [0.5, 0.6) is 0 Å². The molecule has 0 aliphatic heterocycles. The normalized spacial score (nSPS) is 11.7. The van der Waals surface area contributed by atoms with Crippen LogP contribution in [0.3, 0.4) is 0 Å². The zero-order valence-corrected chi connectivity index (χ0v) is 15.3. The SMILES string of the molecule is CC(C)(CNCCC(=O)O)N=NC(C)(C)COOCCC=N.N.N. The Balaban J connectivity index is -0.00000220. The first-order chi connectivity index (χ1) is 10.2. The van der Waals surface area contributed by atoms with Gasteiger partial charge in [-0.05, 0) is 33.9 Å². The maximum Gasteiger partial charge on any atom is 0.304 e. The van der Waals surface area contributed by atoms with Gasteiger partial charge in [-0.2, -0.15) is 10.2 Å². The molecule has 0 atom stereocenters. The van der Waals surface area contributed by atoms with Crippen LogP contribution in [0.1, 0.15) is 40.5 Å². The van der Waals surface area contributed by atoms with Gasteiger partial charge in [-0.15, -0.1) is 0 Å². The number of azo groups is 1. The van der Waals surface area contributed by atoms with Gasteiger partial charge in [-0.3, -0.25) is 4.79 Å². The summed E-state index contributed by atoms with van der Waals surface area (Å²) in [5.74, 6) is -0.826. The molecule has 0 aromatic rings. The predicted molar refractivity (Wildman–Crippen MR) is 93.5 cm³/mol. The van der Waals surface area contributed by atoms with Crippen molar-refractivity contribution in [2.45, 2.75) is 51.6 Å². The molecule has 10 heteroatoms. The topological polar surface area (TPSA) is 186 Å². The van der Waals surface area contributed by atoms with Crippen LogP contribution < -0.4 is 17.6 Å². The number of rotatable bonds is 13. The summed E-state index contributed by atoms with van der Waals surface area (Å²) in [5.41, 5.74) is -0.959. The van der Waals surface area contributed by atoms with Crippen LogP contribution in [0, 0.1) is 5.41 Å². The lowest BCUT2D eigenvalue weighted by atomic mass is 10.1. The lowest BCUT2D eigenvalue weighted by Gasteiger charge is -2.23. The molecule has 0 saturated carbocycles. The molecule has 10 nitrogen and oxygen atoms in total. The molecule has 0 aromatic heterocycles. The van der Waals surface area contributed by atoms with Crippen LogP contribution >= 0.6 is 0 Å². The average Bonchev–Trinajstić information content (AvgIpc) is 2.41. The molecule has 9 N–H and O–H groups in total. The Morgan fingerprint density at radius 3 is 2.29 bits per heavy atom. The Kier molecular flexibility index (Phi) is 15.9. The predicted octanol–water partition coefficient (Wildman–Crippen LogP) is 2.37. The Morgan fingerprint density at radius 2 is 1.75 bits per heavy atom. The van der Waals surface area contributed by atoms with E-state index >= 15 is 0 Å². The Morgan fingerprint density at radius 1 is 1.17 bits per heavy atom. The molecule has 0 amide bonds. The molecule has 0 spiro atoms. The lowest BCUT2D eigenvalue weighted by molar-refractivity contribution is -0.299. The van der Waals surface area contributed by atoms with Crippen molar-refractivity contribution in [1.82, 2.24) is 17.6 Å². The van der Waals surface area contributed by atoms with Gasteiger partial charge in [-0.25, -0.2) is 9.78 Å². The van der Waals surface area contributed by atoms with Crippen molar-refractivity contribution in [3.8, 4) is 0 Å². The van der Waals surface area contributed by atoms with Crippen molar-refractivity contribution in [3.05, 3.63) is 0 Å². The van der Waals surface area contributed by atoms with Gasteiger partial charge in [0.2, 0.25) is 0 Å². The minimum atomic E-state index is -0.826. The summed E-state index contributed by atoms with van der Waals surface area (Å²) in [6.45, 7) is 9.14. The smallest absolute Gasteiger partial charge is 0.304 e. The number of carboxylic acid groups (broad SMARTS) is 1. The zero-order valence-electron chi connectivity index (χ0n) is 15.3. The van der Waals surface area contributed by atoms with Crippen molar-refractivity contribution in [3.63, 3.8) is 0 Å². The first kappa shape index (κ1) is 27.4. The summed E-state index contributed by atoms with van der Waals surface area (Å²) in [6.07, 6.45) is 1.85. The largest absolute Gasteiger partial charge is 0.481 e. The van der Waals surface area contributed by atoms with Gasteiger partial charge in [0.05, 0.1) is 18.6 Å². The summed E-state index contributed by atoms with van der Waals surface area (Å²) >= 11 is 0. The van der Waals surface area contributed by atoms with Crippen LogP contribution in [0.2, 0.25) is 0 Å². The van der Waals surface area contributed by atoms with E-state index in [2.05, 4.69) is 15.5 Å². The van der Waals surface area contributed by atoms with E-state index in [-0.39, 0.29) is 25.3 Å². The van der Waals surface area contributed by atoms with Gasteiger partial charge in [0.1, 0.15) is 12.1 Å². The third-order valence-corrected chi connectivity index (χ3v) is 2.51. The Hall–Kier alpha value is -1.46. The van der Waals surface area contributed by atoms with Crippen molar-refractivity contribution < 1.29 is 19.7 Å². The molecule has 0 unspecified atom stereocenters. The van der Waals surface area contributed by atoms with Crippen LogP contribution in [0.4, 0.5) is 0 Å². The second-order valence-electron chi connectivity index (χ2n) is 6.22. The first-order valence-corrected chi connectivity index (χ1v) is 7.28. The Bertz CT molecular complexity index is 374. The molecule has 0 heterocycles. The van der Waals surface area contributed by atoms with E-state index in [0.29, 0.717) is 26.1 Å². The molecule has 0 aliphatic carbocycles. The number of nitrogens with one attached hydrogen (secondary N) is 2. The Labute approximate surface area is 144 Å². The second kappa shape index (κ2) is 13.9. The maximum absolute atomic E-state index is 10.4.